The van der Waals surface area contributed by atoms with E-state index in [-0.39, 0.29) is 62.1 Å². The molecule has 2 amide bonds. The van der Waals surface area contributed by atoms with Gasteiger partial charge in [-0.25, -0.2) is 22.9 Å². The van der Waals surface area contributed by atoms with Gasteiger partial charge in [0, 0.05) is 44.2 Å². The number of aliphatic hydroxyl groups excluding tert-OH is 2. The van der Waals surface area contributed by atoms with Gasteiger partial charge in [0.25, 0.3) is 0 Å². The van der Waals surface area contributed by atoms with Crippen molar-refractivity contribution in [3.8, 4) is 0 Å². The van der Waals surface area contributed by atoms with E-state index in [0.717, 1.165) is 16.9 Å². The lowest BCUT2D eigenvalue weighted by atomic mass is 9.89. The Morgan fingerprint density at radius 1 is 1.12 bits per heavy atom. The van der Waals surface area contributed by atoms with E-state index >= 15 is 4.39 Å². The topological polar surface area (TPSA) is 168 Å². The first-order valence-corrected chi connectivity index (χ1v) is 17.0. The molecule has 4 aromatic rings. The van der Waals surface area contributed by atoms with Crippen LogP contribution < -0.4 is 16.8 Å². The zero-order valence-corrected chi connectivity index (χ0v) is 30.6. The number of hydrogen-bond acceptors (Lipinski definition) is 9. The van der Waals surface area contributed by atoms with Crippen LogP contribution >= 0.6 is 22.9 Å². The number of piperidine rings is 1. The first-order valence-electron chi connectivity index (χ1n) is 15.8. The smallest absolute Gasteiger partial charge is 0.323 e. The number of rotatable bonds is 5. The molecule has 3 heterocycles. The van der Waals surface area contributed by atoms with E-state index in [9.17, 15) is 18.7 Å². The summed E-state index contributed by atoms with van der Waals surface area (Å²) in [6.07, 6.45) is 1.97. The Morgan fingerprint density at radius 3 is 2.18 bits per heavy atom. The third-order valence-electron chi connectivity index (χ3n) is 6.64. The quantitative estimate of drug-likeness (QED) is 0.127. The number of anilines is 2. The predicted octanol–water partition coefficient (Wildman–Crippen LogP) is 8.18. The van der Waals surface area contributed by atoms with Gasteiger partial charge in [0.2, 0.25) is 0 Å². The van der Waals surface area contributed by atoms with Crippen LogP contribution in [0, 0.1) is 18.6 Å². The first-order chi connectivity index (χ1) is 23.9. The van der Waals surface area contributed by atoms with Gasteiger partial charge in [0.15, 0.2) is 10.8 Å². The number of nitrogens with zero attached hydrogens (tertiary/aromatic N) is 3. The van der Waals surface area contributed by atoms with Crippen LogP contribution in [0.2, 0.25) is 5.02 Å². The second-order valence-electron chi connectivity index (χ2n) is 9.96. The van der Waals surface area contributed by atoms with Crippen molar-refractivity contribution in [2.75, 3.05) is 30.7 Å². The zero-order chi connectivity index (χ0) is 38.4. The standard InChI is InChI=1S/C21H21ClF2N4O3S.C7H8FN.C2H5N.2C2H6.CH2O.CH4/c22-15-8-12(7-14(30)11-29)10-25-18(15)21(24)3-5-28(6-4-21)20(31)27-19-26-16-2-1-13(23)9-17(16)32-19;1-5-4-6(8)2-3-7(5)9;1-2-3;3*1-2;/h1-2,8-10,14,29-30H,3-7,11H2,(H,26,27,31);2-4H,9H2,1H3;2H,1,3H2;2*1-2H3;1H2;1H4/t14-;;;;;;/m1....../s1. The number of aliphatic hydroxyl groups is 2. The number of alkyl halides is 1. The van der Waals surface area contributed by atoms with E-state index in [2.05, 4.69) is 27.6 Å². The van der Waals surface area contributed by atoms with Crippen LogP contribution in [-0.4, -0.2) is 63.7 Å². The SMILES string of the molecule is C.C=CN.C=O.CC.CC.Cc1cc(F)ccc1N.O=C(Nc1nc2ccc(F)cc2s1)N1CCC(F)(c2ncc(C[C@@H](O)CO)cc2Cl)CC1. The molecule has 15 heteroatoms. The Morgan fingerprint density at radius 2 is 1.67 bits per heavy atom. The van der Waals surface area contributed by atoms with Crippen LogP contribution in [0.5, 0.6) is 0 Å². The summed E-state index contributed by atoms with van der Waals surface area (Å²) < 4.78 is 41.9. The third-order valence-corrected chi connectivity index (χ3v) is 7.87. The van der Waals surface area contributed by atoms with E-state index in [1.54, 1.807) is 25.1 Å². The first kappa shape index (κ1) is 48.9. The Balaban J connectivity index is 0. The largest absolute Gasteiger partial charge is 0.405 e. The second kappa shape index (κ2) is 25.7. The molecule has 0 saturated carbocycles. The van der Waals surface area contributed by atoms with Gasteiger partial charge in [-0.05, 0) is 66.7 Å². The van der Waals surface area contributed by atoms with Gasteiger partial charge in [0.1, 0.15) is 18.4 Å². The van der Waals surface area contributed by atoms with E-state index in [1.165, 1.54) is 41.6 Å². The fourth-order valence-electron chi connectivity index (χ4n) is 4.32. The maximum absolute atomic E-state index is 15.6. The number of fused-ring (bicyclic) bond motifs is 1. The van der Waals surface area contributed by atoms with Gasteiger partial charge in [-0.15, -0.1) is 0 Å². The van der Waals surface area contributed by atoms with Gasteiger partial charge in [0.05, 0.1) is 33.6 Å². The number of pyridine rings is 1. The van der Waals surface area contributed by atoms with Crippen LogP contribution in [0.25, 0.3) is 10.2 Å². The molecule has 0 spiro atoms. The van der Waals surface area contributed by atoms with Crippen molar-refractivity contribution in [1.82, 2.24) is 14.9 Å². The summed E-state index contributed by atoms with van der Waals surface area (Å²) in [6, 6.07) is 9.66. The Bertz CT molecular complexity index is 1610. The molecule has 0 unspecified atom stereocenters. The number of nitrogen functional groups attached to an aromatic ring is 1. The number of thiazole rings is 1. The highest BCUT2D eigenvalue weighted by Crippen LogP contribution is 2.39. The molecule has 284 valence electrons. The highest BCUT2D eigenvalue weighted by atomic mass is 35.5. The molecule has 5 rings (SSSR count). The van der Waals surface area contributed by atoms with Crippen molar-refractivity contribution in [3.05, 3.63) is 94.9 Å². The second-order valence-corrected chi connectivity index (χ2v) is 11.4. The summed E-state index contributed by atoms with van der Waals surface area (Å²) in [4.78, 5) is 30.5. The molecule has 0 radical (unpaired) electrons. The number of benzene rings is 2. The van der Waals surface area contributed by atoms with Crippen LogP contribution in [0.3, 0.4) is 0 Å². The molecule has 2 aromatic heterocycles. The Labute approximate surface area is 308 Å². The molecular weight excluding hydrogens is 705 g/mol. The van der Waals surface area contributed by atoms with E-state index in [0.29, 0.717) is 26.6 Å². The summed E-state index contributed by atoms with van der Waals surface area (Å²) in [6.45, 7) is 14.8. The van der Waals surface area contributed by atoms with Gasteiger partial charge in [-0.2, -0.15) is 0 Å². The van der Waals surface area contributed by atoms with Gasteiger partial charge >= 0.3 is 6.03 Å². The number of urea groups is 1. The zero-order valence-electron chi connectivity index (χ0n) is 29.1. The molecule has 1 fully saturated rings. The number of hydrogen-bond donors (Lipinski definition) is 5. The van der Waals surface area contributed by atoms with Gasteiger partial charge in [-0.3, -0.25) is 10.3 Å². The Kier molecular flexibility index (Phi) is 24.6. The number of aromatic nitrogens is 2. The van der Waals surface area contributed by atoms with Crippen molar-refractivity contribution in [2.45, 2.75) is 73.1 Å². The van der Waals surface area contributed by atoms with Crippen LogP contribution in [0.15, 0.2) is 61.4 Å². The van der Waals surface area contributed by atoms with E-state index in [1.807, 2.05) is 34.5 Å². The van der Waals surface area contributed by atoms with Gasteiger partial charge in [-0.1, -0.05) is 64.6 Å². The number of halogens is 4. The lowest BCUT2D eigenvalue weighted by Crippen LogP contribution is -2.45. The minimum atomic E-state index is -1.78. The monoisotopic (exact) mass is 756 g/mol. The summed E-state index contributed by atoms with van der Waals surface area (Å²) in [5, 5.41) is 21.7. The number of amides is 2. The molecule has 1 aliphatic heterocycles. The van der Waals surface area contributed by atoms with Crippen LogP contribution in [0.4, 0.5) is 28.8 Å². The Hall–Kier alpha value is -4.24. The summed E-state index contributed by atoms with van der Waals surface area (Å²) in [5.74, 6) is -0.610. The number of carbonyl (C=O) groups is 2. The maximum atomic E-state index is 15.6. The fraction of sp³-hybridized carbons (Fsp3) is 0.389. The highest BCUT2D eigenvalue weighted by molar-refractivity contribution is 7.22. The number of aryl methyl sites for hydroxylation is 1. The maximum Gasteiger partial charge on any atom is 0.323 e. The van der Waals surface area contributed by atoms with Crippen LogP contribution in [0.1, 0.15) is 64.8 Å². The molecule has 1 atom stereocenters. The fourth-order valence-corrected chi connectivity index (χ4v) is 5.56. The average Bonchev–Trinajstić information content (AvgIpc) is 3.51. The minimum absolute atomic E-state index is 0. The summed E-state index contributed by atoms with van der Waals surface area (Å²) >= 11 is 7.43. The summed E-state index contributed by atoms with van der Waals surface area (Å²) in [5.41, 5.74) is 11.0. The molecule has 7 N–H and O–H groups in total. The van der Waals surface area contributed by atoms with E-state index < -0.39 is 24.4 Å². The third kappa shape index (κ3) is 15.7. The van der Waals surface area contributed by atoms with Crippen LogP contribution in [-0.2, 0) is 16.9 Å². The number of likely N-dealkylation sites (tertiary alicyclic amines) is 1. The summed E-state index contributed by atoms with van der Waals surface area (Å²) in [7, 11) is 0. The molecule has 1 saturated heterocycles. The molecule has 2 aromatic carbocycles. The lowest BCUT2D eigenvalue weighted by molar-refractivity contribution is -0.0980. The number of nitrogens with two attached hydrogens (primary N) is 2. The minimum Gasteiger partial charge on any atom is -0.405 e. The van der Waals surface area contributed by atoms with E-state index in [4.69, 9.17) is 27.2 Å². The van der Waals surface area contributed by atoms with Gasteiger partial charge < -0.3 is 31.4 Å². The van der Waals surface area contributed by atoms with Crippen molar-refractivity contribution in [2.24, 2.45) is 5.73 Å². The number of nitrogens with one attached hydrogen (secondary N) is 1. The van der Waals surface area contributed by atoms with Crippen molar-refractivity contribution in [1.29, 1.82) is 0 Å². The van der Waals surface area contributed by atoms with Crippen molar-refractivity contribution in [3.63, 3.8) is 0 Å². The molecule has 51 heavy (non-hydrogen) atoms. The number of carbonyl (C=O) groups excluding carboxylic acids is 2. The molecule has 0 bridgehead atoms. The normalized spacial score (nSPS) is 12.8. The molecular formula is C36H52ClF3N6O4S. The van der Waals surface area contributed by atoms with Crippen molar-refractivity contribution >= 4 is 56.8 Å². The lowest BCUT2D eigenvalue weighted by Gasteiger charge is -2.36. The predicted molar refractivity (Wildman–Crippen MR) is 205 cm³/mol. The van der Waals surface area contributed by atoms with Crippen molar-refractivity contribution < 1.29 is 33.0 Å². The molecule has 10 nitrogen and oxygen atoms in total. The molecule has 0 aliphatic carbocycles. The highest BCUT2D eigenvalue weighted by Gasteiger charge is 2.40. The molecule has 1 aliphatic rings. The average molecular weight is 757 g/mol.